The van der Waals surface area contributed by atoms with Gasteiger partial charge < -0.3 is 36.2 Å². The predicted octanol–water partition coefficient (Wildman–Crippen LogP) is 3.21. The third-order valence-corrected chi connectivity index (χ3v) is 13.6. The van der Waals surface area contributed by atoms with Gasteiger partial charge in [0.25, 0.3) is 5.91 Å². The number of aliphatic hydroxyl groups excluding tert-OH is 2. The number of aromatic amines is 1. The third-order valence-electron chi connectivity index (χ3n) is 10.3. The van der Waals surface area contributed by atoms with Crippen molar-refractivity contribution in [2.45, 2.75) is 132 Å². The fourth-order valence-corrected chi connectivity index (χ4v) is 11.0. The summed E-state index contributed by atoms with van der Waals surface area (Å²) in [5.74, 6) is 0.548. The van der Waals surface area contributed by atoms with Crippen molar-refractivity contribution >= 4 is 47.3 Å². The van der Waals surface area contributed by atoms with Crippen LogP contribution in [0, 0.1) is 5.92 Å². The first kappa shape index (κ1) is 42.8. The molecule has 1 aromatic carbocycles. The number of benzene rings is 1. The minimum absolute atomic E-state index is 0.00234. The molecule has 4 amide bonds. The van der Waals surface area contributed by atoms with Gasteiger partial charge in [-0.3, -0.25) is 24.4 Å². The first-order valence-electron chi connectivity index (χ1n) is 19.5. The van der Waals surface area contributed by atoms with Crippen molar-refractivity contribution in [2.24, 2.45) is 5.92 Å². The molecule has 1 spiro atoms. The lowest BCUT2D eigenvalue weighted by Crippen LogP contribution is -2.60. The number of alkyl carbamates (subject to hydrolysis) is 1. The quantitative estimate of drug-likeness (QED) is 0.139. The third kappa shape index (κ3) is 11.8. The van der Waals surface area contributed by atoms with Crippen LogP contribution in [0.25, 0.3) is 0 Å². The van der Waals surface area contributed by atoms with Crippen LogP contribution < -0.4 is 21.3 Å². The Bertz CT molecular complexity index is 1550. The number of thioether (sulfide) groups is 2. The van der Waals surface area contributed by atoms with Crippen molar-refractivity contribution in [1.29, 1.82) is 0 Å². The predicted molar refractivity (Wildman–Crippen MR) is 212 cm³/mol. The Morgan fingerprint density at radius 1 is 1.02 bits per heavy atom. The minimum Gasteiger partial charge on any atom is -0.444 e. The van der Waals surface area contributed by atoms with Crippen LogP contribution in [0.2, 0.25) is 0 Å². The average molecular weight is 803 g/mol. The molecular formula is C38H58N8O7S2. The zero-order valence-corrected chi connectivity index (χ0v) is 33.9. The second kappa shape index (κ2) is 19.7. The number of H-pyrrole nitrogens is 1. The zero-order valence-electron chi connectivity index (χ0n) is 32.3. The van der Waals surface area contributed by atoms with E-state index in [2.05, 4.69) is 36.4 Å². The van der Waals surface area contributed by atoms with Gasteiger partial charge in [0.1, 0.15) is 24.2 Å². The number of aromatic nitrogens is 3. The normalized spacial score (nSPS) is 21.8. The Morgan fingerprint density at radius 2 is 1.73 bits per heavy atom. The van der Waals surface area contributed by atoms with Crippen LogP contribution in [0.15, 0.2) is 36.7 Å². The molecule has 6 atom stereocenters. The van der Waals surface area contributed by atoms with Crippen LogP contribution >= 0.6 is 23.5 Å². The van der Waals surface area contributed by atoms with Gasteiger partial charge in [-0.1, -0.05) is 62.9 Å². The summed E-state index contributed by atoms with van der Waals surface area (Å²) in [6.07, 6.45) is 4.98. The number of hydrogen-bond donors (Lipinski definition) is 7. The van der Waals surface area contributed by atoms with Crippen molar-refractivity contribution in [2.75, 3.05) is 24.6 Å². The summed E-state index contributed by atoms with van der Waals surface area (Å²) in [5, 5.41) is 41.4. The molecule has 15 nitrogen and oxygen atoms in total. The van der Waals surface area contributed by atoms with Gasteiger partial charge >= 0.3 is 6.09 Å². The number of hydrogen-bond acceptors (Lipinski definition) is 12. The SMILES string of the molecule is CCCC(NC(=O)C1CC2(CN1[C@H](O)C(NC(=O)OC(C)(C)C)C1CCCCC1)SCCCS2)[C@@H](O)C(=O)NCC(=O)NC(c1ccccc1)c1ncn[nH]1. The Labute approximate surface area is 332 Å². The molecule has 4 unspecified atom stereocenters. The molecule has 2 saturated heterocycles. The highest BCUT2D eigenvalue weighted by Gasteiger charge is 2.53. The maximum absolute atomic E-state index is 14.3. The number of amides is 4. The smallest absolute Gasteiger partial charge is 0.408 e. The van der Waals surface area contributed by atoms with E-state index in [1.807, 2.05) is 37.3 Å². The van der Waals surface area contributed by atoms with Gasteiger partial charge in [-0.25, -0.2) is 9.78 Å². The van der Waals surface area contributed by atoms with Gasteiger partial charge in [-0.05, 0) is 75.9 Å². The molecule has 3 fully saturated rings. The van der Waals surface area contributed by atoms with E-state index in [0.29, 0.717) is 31.6 Å². The lowest BCUT2D eigenvalue weighted by Gasteiger charge is -2.40. The fourth-order valence-electron chi connectivity index (χ4n) is 7.67. The van der Waals surface area contributed by atoms with Crippen LogP contribution in [0.4, 0.5) is 4.79 Å². The molecule has 0 bridgehead atoms. The van der Waals surface area contributed by atoms with Crippen molar-refractivity contribution in [3.05, 3.63) is 48.0 Å². The number of rotatable bonds is 15. The van der Waals surface area contributed by atoms with Crippen LogP contribution in [-0.4, -0.2) is 119 Å². The first-order chi connectivity index (χ1) is 26.3. The molecule has 1 aromatic heterocycles. The number of aliphatic hydroxyl groups is 2. The maximum Gasteiger partial charge on any atom is 0.408 e. The van der Waals surface area contributed by atoms with Gasteiger partial charge in [0.05, 0.1) is 28.7 Å². The Morgan fingerprint density at radius 3 is 2.36 bits per heavy atom. The van der Waals surface area contributed by atoms with Gasteiger partial charge in [-0.15, -0.1) is 23.5 Å². The molecule has 3 heterocycles. The molecule has 2 aliphatic heterocycles. The fraction of sp³-hybridized carbons (Fsp3) is 0.684. The molecule has 17 heteroatoms. The Hall–Kier alpha value is -3.38. The highest BCUT2D eigenvalue weighted by Crippen LogP contribution is 2.51. The molecule has 304 valence electrons. The summed E-state index contributed by atoms with van der Waals surface area (Å²) in [6, 6.07) is 6.13. The number of nitrogens with zero attached hydrogens (tertiary/aromatic N) is 3. The van der Waals surface area contributed by atoms with Crippen LogP contribution in [-0.2, 0) is 19.1 Å². The van der Waals surface area contributed by atoms with E-state index in [9.17, 15) is 29.4 Å². The molecule has 0 radical (unpaired) electrons. The number of carbonyl (C=O) groups excluding carboxylic acids is 4. The summed E-state index contributed by atoms with van der Waals surface area (Å²) >= 11 is 3.59. The van der Waals surface area contributed by atoms with Crippen molar-refractivity contribution in [3.63, 3.8) is 0 Å². The summed E-state index contributed by atoms with van der Waals surface area (Å²) in [6.45, 7) is 7.26. The maximum atomic E-state index is 14.3. The first-order valence-corrected chi connectivity index (χ1v) is 21.4. The van der Waals surface area contributed by atoms with Crippen LogP contribution in [0.3, 0.4) is 0 Å². The lowest BCUT2D eigenvalue weighted by atomic mass is 9.83. The molecule has 7 N–H and O–H groups in total. The molecular weight excluding hydrogens is 745 g/mol. The highest BCUT2D eigenvalue weighted by atomic mass is 32.2. The largest absolute Gasteiger partial charge is 0.444 e. The second-order valence-electron chi connectivity index (χ2n) is 15.7. The van der Waals surface area contributed by atoms with E-state index in [1.54, 1.807) is 49.2 Å². The average Bonchev–Trinajstić information content (AvgIpc) is 3.84. The lowest BCUT2D eigenvalue weighted by molar-refractivity contribution is -0.137. The minimum atomic E-state index is -1.65. The van der Waals surface area contributed by atoms with Crippen molar-refractivity contribution in [1.82, 2.24) is 41.3 Å². The highest BCUT2D eigenvalue weighted by molar-refractivity contribution is 8.18. The van der Waals surface area contributed by atoms with Gasteiger partial charge in [0.15, 0.2) is 11.9 Å². The van der Waals surface area contributed by atoms with Gasteiger partial charge in [0, 0.05) is 6.54 Å². The van der Waals surface area contributed by atoms with E-state index in [-0.39, 0.29) is 10.00 Å². The number of nitrogens with one attached hydrogen (secondary N) is 5. The molecule has 5 rings (SSSR count). The summed E-state index contributed by atoms with van der Waals surface area (Å²) in [4.78, 5) is 59.8. The van der Waals surface area contributed by atoms with Crippen molar-refractivity contribution in [3.8, 4) is 0 Å². The van der Waals surface area contributed by atoms with E-state index in [4.69, 9.17) is 4.74 Å². The standard InChI is InChI=1S/C38H58N8O7S2/c1-5-13-26(31(48)34(50)39-21-28(47)43-29(32-40-23-41-45-32)24-14-8-6-9-15-24)42-33(49)27-20-38(54-18-12-19-55-38)22-46(27)35(51)30(25-16-10-7-11-17-25)44-36(52)53-37(2,3)4/h6,8-9,14-15,23,25-27,29-31,35,48,51H,5,7,10-13,16-22H2,1-4H3,(H,39,50)(H,42,49)(H,43,47)(H,44,52)(H,40,41,45)/t26?,27?,29?,30?,31-,35-/m1/s1. The molecule has 55 heavy (non-hydrogen) atoms. The monoisotopic (exact) mass is 802 g/mol. The molecule has 2 aromatic rings. The van der Waals surface area contributed by atoms with Crippen LogP contribution in [0.5, 0.6) is 0 Å². The van der Waals surface area contributed by atoms with E-state index < -0.39 is 72.5 Å². The molecule has 3 aliphatic rings. The number of ether oxygens (including phenoxy) is 1. The summed E-state index contributed by atoms with van der Waals surface area (Å²) in [7, 11) is 0. The zero-order chi connectivity index (χ0) is 39.6. The second-order valence-corrected chi connectivity index (χ2v) is 18.9. The van der Waals surface area contributed by atoms with E-state index >= 15 is 0 Å². The van der Waals surface area contributed by atoms with Crippen molar-refractivity contribution < 1.29 is 34.1 Å². The van der Waals surface area contributed by atoms with E-state index in [0.717, 1.165) is 55.6 Å². The van der Waals surface area contributed by atoms with Gasteiger partial charge in [0.2, 0.25) is 11.8 Å². The summed E-state index contributed by atoms with van der Waals surface area (Å²) < 4.78 is 5.27. The molecule has 1 aliphatic carbocycles. The van der Waals surface area contributed by atoms with E-state index in [1.165, 1.54) is 6.33 Å². The van der Waals surface area contributed by atoms with Crippen LogP contribution in [0.1, 0.15) is 103 Å². The van der Waals surface area contributed by atoms with Gasteiger partial charge in [-0.2, -0.15) is 5.10 Å². The number of carbonyl (C=O) groups is 4. The topological polar surface area (TPSA) is 211 Å². The Balaban J connectivity index is 1.27. The Kier molecular flexibility index (Phi) is 15.3. The number of likely N-dealkylation sites (tertiary alicyclic amines) is 1. The summed E-state index contributed by atoms with van der Waals surface area (Å²) in [5.41, 5.74) is 0.0306. The molecule has 1 saturated carbocycles.